The van der Waals surface area contributed by atoms with Crippen molar-refractivity contribution in [2.75, 3.05) is 57.4 Å². The van der Waals surface area contributed by atoms with Crippen LogP contribution in [0, 0.1) is 0 Å². The molecule has 0 radical (unpaired) electrons. The molecule has 2 aromatic rings. The Morgan fingerprint density at radius 2 is 1.63 bits per heavy atom. The molecule has 0 aromatic heterocycles. The predicted molar refractivity (Wildman–Crippen MR) is 137 cm³/mol. The van der Waals surface area contributed by atoms with Crippen LogP contribution < -0.4 is 14.4 Å². The molecule has 5 rings (SSSR count). The number of carbonyl (C=O) groups is 1. The molecular formula is C24H29Cl2N3O5S. The van der Waals surface area contributed by atoms with Gasteiger partial charge in [-0.15, -0.1) is 12.4 Å². The molecule has 3 aliphatic heterocycles. The van der Waals surface area contributed by atoms with E-state index in [1.165, 1.54) is 6.07 Å². The van der Waals surface area contributed by atoms with Gasteiger partial charge in [-0.1, -0.05) is 30.2 Å². The second-order valence-corrected chi connectivity index (χ2v) is 11.0. The van der Waals surface area contributed by atoms with Gasteiger partial charge in [0.15, 0.2) is 11.5 Å². The van der Waals surface area contributed by atoms with Crippen LogP contribution >= 0.6 is 24.0 Å². The van der Waals surface area contributed by atoms with Crippen LogP contribution in [0.1, 0.15) is 29.6 Å². The summed E-state index contributed by atoms with van der Waals surface area (Å²) in [6.07, 6.45) is 2.48. The molecular weight excluding hydrogens is 513 g/mol. The fraction of sp³-hybridized carbons (Fsp3) is 0.458. The highest BCUT2D eigenvalue weighted by atomic mass is 35.5. The molecule has 0 aliphatic carbocycles. The number of hydrogen-bond donors (Lipinski definition) is 0. The number of halogens is 2. The number of unbranched alkanes of at least 4 members (excludes halogenated alkanes) is 2. The second kappa shape index (κ2) is 10.8. The molecule has 1 amide bonds. The van der Waals surface area contributed by atoms with Crippen LogP contribution in [0.15, 0.2) is 41.3 Å². The average molecular weight is 542 g/mol. The fourth-order valence-electron chi connectivity index (χ4n) is 4.77. The van der Waals surface area contributed by atoms with Gasteiger partial charge in [-0.3, -0.25) is 9.69 Å². The second-order valence-electron chi connectivity index (χ2n) is 8.72. The van der Waals surface area contributed by atoms with Crippen molar-refractivity contribution < 1.29 is 22.7 Å². The van der Waals surface area contributed by atoms with E-state index in [-0.39, 0.29) is 29.4 Å². The Kier molecular flexibility index (Phi) is 8.00. The van der Waals surface area contributed by atoms with Crippen molar-refractivity contribution in [3.8, 4) is 11.5 Å². The van der Waals surface area contributed by atoms with Crippen molar-refractivity contribution in [3.05, 3.63) is 47.0 Å². The lowest BCUT2D eigenvalue weighted by Crippen LogP contribution is -2.46. The largest absolute Gasteiger partial charge is 0.486 e. The minimum atomic E-state index is -3.71. The summed E-state index contributed by atoms with van der Waals surface area (Å²) in [5, 5.41) is 0.642. The minimum absolute atomic E-state index is 0. The number of hydrogen-bond acceptors (Lipinski definition) is 7. The molecule has 2 aromatic carbocycles. The number of carbonyl (C=O) groups excluding carboxylic acids is 1. The molecule has 0 spiro atoms. The van der Waals surface area contributed by atoms with E-state index in [1.54, 1.807) is 24.3 Å². The van der Waals surface area contributed by atoms with Crippen LogP contribution in [-0.2, 0) is 10.0 Å². The number of benzene rings is 2. The van der Waals surface area contributed by atoms with Crippen molar-refractivity contribution in [1.82, 2.24) is 9.21 Å². The third-order valence-electron chi connectivity index (χ3n) is 6.55. The van der Waals surface area contributed by atoms with E-state index in [9.17, 15) is 13.2 Å². The van der Waals surface area contributed by atoms with E-state index in [4.69, 9.17) is 21.1 Å². The third kappa shape index (κ3) is 5.18. The Balaban J connectivity index is 0.00000289. The molecule has 0 N–H and O–H groups in total. The van der Waals surface area contributed by atoms with Crippen LogP contribution in [0.4, 0.5) is 5.69 Å². The van der Waals surface area contributed by atoms with Crippen LogP contribution in [0.2, 0.25) is 5.02 Å². The van der Waals surface area contributed by atoms with Crippen molar-refractivity contribution in [2.24, 2.45) is 0 Å². The summed E-state index contributed by atoms with van der Waals surface area (Å²) in [7, 11) is -3.71. The van der Waals surface area contributed by atoms with Gasteiger partial charge < -0.3 is 14.4 Å². The van der Waals surface area contributed by atoms with Gasteiger partial charge in [0, 0.05) is 43.8 Å². The van der Waals surface area contributed by atoms with E-state index < -0.39 is 15.9 Å². The first-order chi connectivity index (χ1) is 16.4. The van der Waals surface area contributed by atoms with E-state index in [0.717, 1.165) is 61.3 Å². The number of fused-ring (bicyclic) bond motifs is 2. The van der Waals surface area contributed by atoms with Gasteiger partial charge in [-0.25, -0.2) is 12.7 Å². The van der Waals surface area contributed by atoms with Crippen molar-refractivity contribution >= 4 is 45.6 Å². The summed E-state index contributed by atoms with van der Waals surface area (Å²) >= 11 is 6.29. The van der Waals surface area contributed by atoms with E-state index in [1.807, 2.05) is 6.07 Å². The van der Waals surface area contributed by atoms with Crippen LogP contribution in [-0.4, -0.2) is 76.0 Å². The summed E-state index contributed by atoms with van der Waals surface area (Å²) in [5.41, 5.74) is 1.26. The number of anilines is 1. The zero-order chi connectivity index (χ0) is 23.7. The average Bonchev–Trinajstić information content (AvgIpc) is 3.04. The molecule has 35 heavy (non-hydrogen) atoms. The third-order valence-corrected chi connectivity index (χ3v) is 8.61. The van der Waals surface area contributed by atoms with Gasteiger partial charge in [0.1, 0.15) is 18.1 Å². The quantitative estimate of drug-likeness (QED) is 0.494. The Hall–Kier alpha value is -2.20. The Labute approximate surface area is 217 Å². The van der Waals surface area contributed by atoms with Crippen LogP contribution in [0.25, 0.3) is 0 Å². The number of nitrogens with zero attached hydrogens (tertiary/aromatic N) is 3. The predicted octanol–water partition coefficient (Wildman–Crippen LogP) is 3.67. The molecule has 190 valence electrons. The highest BCUT2D eigenvalue weighted by Gasteiger charge is 2.40. The molecule has 0 bridgehead atoms. The van der Waals surface area contributed by atoms with Crippen LogP contribution in [0.3, 0.4) is 0 Å². The molecule has 11 heteroatoms. The molecule has 1 fully saturated rings. The number of piperazine rings is 1. The van der Waals surface area contributed by atoms with Crippen molar-refractivity contribution in [1.29, 1.82) is 0 Å². The van der Waals surface area contributed by atoms with Gasteiger partial charge >= 0.3 is 0 Å². The maximum atomic E-state index is 12.6. The van der Waals surface area contributed by atoms with Crippen molar-refractivity contribution in [2.45, 2.75) is 24.2 Å². The summed E-state index contributed by atoms with van der Waals surface area (Å²) in [5.74, 6) is 1.07. The lowest BCUT2D eigenvalue weighted by molar-refractivity contribution is 0.0869. The van der Waals surface area contributed by atoms with Gasteiger partial charge in [-0.05, 0) is 37.6 Å². The van der Waals surface area contributed by atoms with Crippen LogP contribution in [0.5, 0.6) is 11.5 Å². The number of rotatable bonds is 7. The maximum absolute atomic E-state index is 12.6. The Bertz CT molecular complexity index is 1190. The first-order valence-electron chi connectivity index (χ1n) is 11.7. The monoisotopic (exact) mass is 541 g/mol. The molecule has 3 heterocycles. The molecule has 8 nitrogen and oxygen atoms in total. The summed E-state index contributed by atoms with van der Waals surface area (Å²) in [6.45, 7) is 5.84. The maximum Gasteiger partial charge on any atom is 0.269 e. The van der Waals surface area contributed by atoms with Crippen molar-refractivity contribution in [3.63, 3.8) is 0 Å². The molecule has 0 atom stereocenters. The van der Waals surface area contributed by atoms with Gasteiger partial charge in [0.2, 0.25) is 0 Å². The number of amides is 1. The first kappa shape index (κ1) is 25.9. The first-order valence-corrected chi connectivity index (χ1v) is 13.5. The van der Waals surface area contributed by atoms with Gasteiger partial charge in [-0.2, -0.15) is 0 Å². The minimum Gasteiger partial charge on any atom is -0.486 e. The zero-order valence-electron chi connectivity index (χ0n) is 19.3. The standard InChI is InChI=1S/C24H28ClN3O5S.ClH/c25-18-16-20(23-21(17-18)32-14-15-33-23)27-12-10-26(11-13-27)8-4-1-5-9-28-24(29)19-6-2-3-7-22(19)34(28,30)31;/h2-3,6-7,16-17H,1,4-5,8-15H2;1H. The SMILES string of the molecule is Cl.O=C1c2ccccc2S(=O)(=O)N1CCCCCN1CCN(c2cc(Cl)cc3c2OCCO3)CC1. The molecule has 0 unspecified atom stereocenters. The summed E-state index contributed by atoms with van der Waals surface area (Å²) in [6, 6.07) is 10.2. The lowest BCUT2D eigenvalue weighted by Gasteiger charge is -2.37. The molecule has 1 saturated heterocycles. The topological polar surface area (TPSA) is 79.4 Å². The smallest absolute Gasteiger partial charge is 0.269 e. The summed E-state index contributed by atoms with van der Waals surface area (Å²) < 4.78 is 37.8. The highest BCUT2D eigenvalue weighted by molar-refractivity contribution is 7.90. The Morgan fingerprint density at radius 1 is 0.914 bits per heavy atom. The lowest BCUT2D eigenvalue weighted by atomic mass is 10.2. The molecule has 0 saturated carbocycles. The van der Waals surface area contributed by atoms with Gasteiger partial charge in [0.25, 0.3) is 15.9 Å². The van der Waals surface area contributed by atoms with E-state index >= 15 is 0 Å². The normalized spacial score (nSPS) is 18.8. The highest BCUT2D eigenvalue weighted by Crippen LogP contribution is 2.42. The van der Waals surface area contributed by atoms with E-state index in [2.05, 4.69) is 9.80 Å². The number of sulfonamides is 1. The van der Waals surface area contributed by atoms with E-state index in [0.29, 0.717) is 30.4 Å². The Morgan fingerprint density at radius 3 is 2.40 bits per heavy atom. The summed E-state index contributed by atoms with van der Waals surface area (Å²) in [4.78, 5) is 17.3. The number of ether oxygens (including phenoxy) is 2. The molecule has 3 aliphatic rings. The fourth-order valence-corrected chi connectivity index (χ4v) is 6.58. The van der Waals surface area contributed by atoms with Gasteiger partial charge in [0.05, 0.1) is 11.3 Å². The zero-order valence-corrected chi connectivity index (χ0v) is 21.7.